The maximum Gasteiger partial charge on any atom is 0.108 e. The van der Waals surface area contributed by atoms with E-state index in [0.717, 1.165) is 25.3 Å². The number of halogens is 1. The van der Waals surface area contributed by atoms with E-state index >= 15 is 0 Å². The lowest BCUT2D eigenvalue weighted by molar-refractivity contribution is 0.109. The van der Waals surface area contributed by atoms with Crippen LogP contribution in [0.15, 0.2) is 17.5 Å². The van der Waals surface area contributed by atoms with E-state index in [-0.39, 0.29) is 0 Å². The Morgan fingerprint density at radius 2 is 2.47 bits per heavy atom. The second-order valence-electron chi connectivity index (χ2n) is 3.97. The fourth-order valence-corrected chi connectivity index (χ4v) is 3.08. The third kappa shape index (κ3) is 2.01. The molecule has 90 valence electrons. The van der Waals surface area contributed by atoms with E-state index in [2.05, 4.69) is 22.6 Å². The average molecular weight is 269 g/mol. The second kappa shape index (κ2) is 4.80. The molecule has 0 amide bonds. The quantitative estimate of drug-likeness (QED) is 0.801. The highest BCUT2D eigenvalue weighted by Crippen LogP contribution is 2.31. The van der Waals surface area contributed by atoms with Crippen molar-refractivity contribution in [2.45, 2.75) is 19.6 Å². The van der Waals surface area contributed by atoms with Crippen molar-refractivity contribution >= 4 is 22.9 Å². The van der Waals surface area contributed by atoms with Gasteiger partial charge in [0.1, 0.15) is 5.69 Å². The second-order valence-corrected chi connectivity index (χ2v) is 5.29. The Morgan fingerprint density at radius 3 is 3.24 bits per heavy atom. The molecule has 0 N–H and O–H groups in total. The Labute approximate surface area is 109 Å². The third-order valence-corrected chi connectivity index (χ3v) is 3.99. The number of ether oxygens (including phenoxy) is 1. The van der Waals surface area contributed by atoms with Crippen LogP contribution in [0.1, 0.15) is 11.3 Å². The monoisotopic (exact) mass is 268 g/mol. The molecule has 2 aromatic heterocycles. The maximum atomic E-state index is 5.82. The molecule has 3 heterocycles. The molecule has 3 nitrogen and oxygen atoms in total. The number of aryl methyl sites for hydroxylation is 1. The number of aromatic nitrogens is 2. The van der Waals surface area contributed by atoms with Gasteiger partial charge < -0.3 is 4.74 Å². The van der Waals surface area contributed by atoms with Crippen molar-refractivity contribution in [2.24, 2.45) is 0 Å². The molecule has 17 heavy (non-hydrogen) atoms. The largest absolute Gasteiger partial charge is 0.376 e. The average Bonchev–Trinajstić information content (AvgIpc) is 2.97. The number of hydrogen-bond acceptors (Lipinski definition) is 3. The van der Waals surface area contributed by atoms with Crippen LogP contribution in [0.4, 0.5) is 0 Å². The molecule has 3 rings (SSSR count). The Bertz CT molecular complexity index is 507. The molecule has 0 atom stereocenters. The first-order valence-electron chi connectivity index (χ1n) is 5.66. The predicted molar refractivity (Wildman–Crippen MR) is 69.6 cm³/mol. The molecule has 0 aliphatic carbocycles. The molecule has 0 saturated carbocycles. The number of alkyl halides is 1. The molecule has 1 aliphatic rings. The van der Waals surface area contributed by atoms with E-state index in [1.807, 2.05) is 4.68 Å². The molecule has 0 unspecified atom stereocenters. The standard InChI is InChI=1S/C12H13ClN2OS/c13-4-5-15-10-3-6-16-8-9(10)12(14-15)11-2-1-7-17-11/h1-2,7H,3-6,8H2. The molecule has 2 aromatic rings. The lowest BCUT2D eigenvalue weighted by atomic mass is 10.1. The summed E-state index contributed by atoms with van der Waals surface area (Å²) < 4.78 is 7.59. The Balaban J connectivity index is 2.09. The van der Waals surface area contributed by atoms with Crippen LogP contribution in [0.5, 0.6) is 0 Å². The molecule has 0 fully saturated rings. The Hall–Kier alpha value is -0.840. The summed E-state index contributed by atoms with van der Waals surface area (Å²) in [6, 6.07) is 4.16. The zero-order valence-electron chi connectivity index (χ0n) is 9.36. The van der Waals surface area contributed by atoms with Crippen molar-refractivity contribution in [1.82, 2.24) is 9.78 Å². The molecule has 0 aromatic carbocycles. The summed E-state index contributed by atoms with van der Waals surface area (Å²) in [6.45, 7) is 2.23. The van der Waals surface area contributed by atoms with Gasteiger partial charge in [-0.15, -0.1) is 22.9 Å². The van der Waals surface area contributed by atoms with Crippen LogP contribution in [0.2, 0.25) is 0 Å². The van der Waals surface area contributed by atoms with Gasteiger partial charge in [0.05, 0.1) is 24.6 Å². The van der Waals surface area contributed by atoms with Crippen molar-refractivity contribution in [3.05, 3.63) is 28.8 Å². The molecule has 0 saturated heterocycles. The van der Waals surface area contributed by atoms with Gasteiger partial charge >= 0.3 is 0 Å². The first kappa shape index (κ1) is 11.3. The van der Waals surface area contributed by atoms with Crippen LogP contribution in [0, 0.1) is 0 Å². The van der Waals surface area contributed by atoms with E-state index in [1.54, 1.807) is 11.3 Å². The van der Waals surface area contributed by atoms with Crippen LogP contribution in [-0.4, -0.2) is 22.3 Å². The lowest BCUT2D eigenvalue weighted by Gasteiger charge is -2.14. The lowest BCUT2D eigenvalue weighted by Crippen LogP contribution is -2.14. The number of hydrogen-bond donors (Lipinski definition) is 0. The zero-order valence-corrected chi connectivity index (χ0v) is 10.9. The van der Waals surface area contributed by atoms with Gasteiger partial charge in [-0.1, -0.05) is 6.07 Å². The minimum absolute atomic E-state index is 0.596. The first-order valence-corrected chi connectivity index (χ1v) is 7.07. The Morgan fingerprint density at radius 1 is 1.53 bits per heavy atom. The van der Waals surface area contributed by atoms with Crippen molar-refractivity contribution in [3.63, 3.8) is 0 Å². The SMILES string of the molecule is ClCCn1nc(-c2cccs2)c2c1CCOC2. The number of fused-ring (bicyclic) bond motifs is 1. The molecular formula is C12H13ClN2OS. The van der Waals surface area contributed by atoms with E-state index in [1.165, 1.54) is 16.1 Å². The minimum Gasteiger partial charge on any atom is -0.376 e. The minimum atomic E-state index is 0.596. The fraction of sp³-hybridized carbons (Fsp3) is 0.417. The summed E-state index contributed by atoms with van der Waals surface area (Å²) in [4.78, 5) is 1.21. The van der Waals surface area contributed by atoms with Gasteiger partial charge in [0.2, 0.25) is 0 Å². The number of nitrogens with zero attached hydrogens (tertiary/aromatic N) is 2. The van der Waals surface area contributed by atoms with Crippen molar-refractivity contribution in [2.75, 3.05) is 12.5 Å². The normalized spacial score (nSPS) is 14.9. The predicted octanol–water partition coefficient (Wildman–Crippen LogP) is 2.92. The molecule has 0 spiro atoms. The summed E-state index contributed by atoms with van der Waals surface area (Å²) in [6.07, 6.45) is 0.935. The first-order chi connectivity index (χ1) is 8.40. The highest BCUT2D eigenvalue weighted by molar-refractivity contribution is 7.13. The number of thiophene rings is 1. The van der Waals surface area contributed by atoms with Gasteiger partial charge in [-0.05, 0) is 11.4 Å². The highest BCUT2D eigenvalue weighted by Gasteiger charge is 2.22. The van der Waals surface area contributed by atoms with Crippen LogP contribution in [-0.2, 0) is 24.3 Å². The van der Waals surface area contributed by atoms with Crippen molar-refractivity contribution in [1.29, 1.82) is 0 Å². The Kier molecular flexibility index (Phi) is 3.18. The van der Waals surface area contributed by atoms with Gasteiger partial charge in [0.25, 0.3) is 0 Å². The van der Waals surface area contributed by atoms with E-state index in [4.69, 9.17) is 16.3 Å². The van der Waals surface area contributed by atoms with Crippen molar-refractivity contribution in [3.8, 4) is 10.6 Å². The number of rotatable bonds is 3. The van der Waals surface area contributed by atoms with Crippen LogP contribution >= 0.6 is 22.9 Å². The van der Waals surface area contributed by atoms with E-state index in [0.29, 0.717) is 12.5 Å². The molecular weight excluding hydrogens is 256 g/mol. The highest BCUT2D eigenvalue weighted by atomic mass is 35.5. The molecule has 0 radical (unpaired) electrons. The molecule has 1 aliphatic heterocycles. The van der Waals surface area contributed by atoms with Crippen LogP contribution < -0.4 is 0 Å². The molecule has 5 heteroatoms. The topological polar surface area (TPSA) is 27.1 Å². The van der Waals surface area contributed by atoms with Crippen LogP contribution in [0.3, 0.4) is 0 Å². The summed E-state index contributed by atoms with van der Waals surface area (Å²) in [7, 11) is 0. The van der Waals surface area contributed by atoms with Gasteiger partial charge in [-0.3, -0.25) is 4.68 Å². The van der Waals surface area contributed by atoms with E-state index < -0.39 is 0 Å². The van der Waals surface area contributed by atoms with Gasteiger partial charge in [-0.25, -0.2) is 0 Å². The third-order valence-electron chi connectivity index (χ3n) is 2.95. The van der Waals surface area contributed by atoms with Gasteiger partial charge in [0.15, 0.2) is 0 Å². The zero-order chi connectivity index (χ0) is 11.7. The maximum absolute atomic E-state index is 5.82. The van der Waals surface area contributed by atoms with Gasteiger partial charge in [-0.2, -0.15) is 5.10 Å². The van der Waals surface area contributed by atoms with Crippen LogP contribution in [0.25, 0.3) is 10.6 Å². The summed E-state index contributed by atoms with van der Waals surface area (Å²) in [5, 5.41) is 6.76. The fourth-order valence-electron chi connectivity index (χ4n) is 2.18. The smallest absolute Gasteiger partial charge is 0.108 e. The summed E-state index contributed by atoms with van der Waals surface area (Å²) >= 11 is 7.54. The summed E-state index contributed by atoms with van der Waals surface area (Å²) in [5.74, 6) is 0.596. The van der Waals surface area contributed by atoms with E-state index in [9.17, 15) is 0 Å². The van der Waals surface area contributed by atoms with Crippen molar-refractivity contribution < 1.29 is 4.74 Å². The summed E-state index contributed by atoms with van der Waals surface area (Å²) in [5.41, 5.74) is 3.60. The molecule has 0 bridgehead atoms. The van der Waals surface area contributed by atoms with Gasteiger partial charge in [0, 0.05) is 23.6 Å².